The van der Waals surface area contributed by atoms with Crippen LogP contribution in [0.15, 0.2) is 36.4 Å². The van der Waals surface area contributed by atoms with Crippen molar-refractivity contribution < 1.29 is 14.3 Å². The number of carbonyl (C=O) groups excluding carboxylic acids is 2. The third-order valence-electron chi connectivity index (χ3n) is 3.79. The Morgan fingerprint density at radius 2 is 1.92 bits per heavy atom. The van der Waals surface area contributed by atoms with Crippen LogP contribution in [0.1, 0.15) is 48.3 Å². The topological polar surface area (TPSA) is 55.4 Å². The number of benzene rings is 1. The van der Waals surface area contributed by atoms with Crippen LogP contribution >= 0.6 is 22.9 Å². The van der Waals surface area contributed by atoms with E-state index in [2.05, 4.69) is 19.2 Å². The van der Waals surface area contributed by atoms with Crippen molar-refractivity contribution in [2.24, 2.45) is 0 Å². The quantitative estimate of drug-likeness (QED) is 0.724. The molecule has 2 rings (SSSR count). The van der Waals surface area contributed by atoms with Crippen molar-refractivity contribution in [2.45, 2.75) is 39.2 Å². The molecular formula is C18H20ClNO3S. The molecule has 0 bridgehead atoms. The van der Waals surface area contributed by atoms with E-state index in [0.717, 1.165) is 29.0 Å². The summed E-state index contributed by atoms with van der Waals surface area (Å²) in [6.45, 7) is 5.75. The fourth-order valence-electron chi connectivity index (χ4n) is 2.19. The predicted molar refractivity (Wildman–Crippen MR) is 98.0 cm³/mol. The van der Waals surface area contributed by atoms with Crippen LogP contribution in [-0.4, -0.2) is 18.0 Å². The molecule has 0 spiro atoms. The van der Waals surface area contributed by atoms with Crippen molar-refractivity contribution in [3.63, 3.8) is 0 Å². The number of thiophene rings is 1. The lowest BCUT2D eigenvalue weighted by molar-refractivity contribution is -0.123. The Labute approximate surface area is 150 Å². The maximum Gasteiger partial charge on any atom is 0.349 e. The molecule has 2 aromatic rings. The van der Waals surface area contributed by atoms with Crippen LogP contribution in [0, 0.1) is 0 Å². The molecular weight excluding hydrogens is 346 g/mol. The first-order valence-electron chi connectivity index (χ1n) is 7.78. The molecule has 4 nitrogen and oxygen atoms in total. The lowest BCUT2D eigenvalue weighted by Gasteiger charge is -2.18. The number of ether oxygens (including phenoxy) is 1. The lowest BCUT2D eigenvalue weighted by atomic mass is 9.97. The van der Waals surface area contributed by atoms with Gasteiger partial charge in [0.25, 0.3) is 5.91 Å². The third kappa shape index (κ3) is 4.58. The van der Waals surface area contributed by atoms with Gasteiger partial charge in [0.1, 0.15) is 4.88 Å². The van der Waals surface area contributed by atoms with E-state index >= 15 is 0 Å². The summed E-state index contributed by atoms with van der Waals surface area (Å²) in [5.74, 6) is -0.584. The minimum absolute atomic E-state index is 0.326. The highest BCUT2D eigenvalue weighted by atomic mass is 35.5. The number of esters is 1. The van der Waals surface area contributed by atoms with Crippen LogP contribution in [0.2, 0.25) is 4.34 Å². The number of halogens is 1. The second kappa shape index (κ2) is 8.31. The third-order valence-corrected chi connectivity index (χ3v) is 5.00. The largest absolute Gasteiger partial charge is 0.448 e. The summed E-state index contributed by atoms with van der Waals surface area (Å²) in [5.41, 5.74) is 1.82. The second-order valence-electron chi connectivity index (χ2n) is 5.54. The van der Waals surface area contributed by atoms with Crippen molar-refractivity contribution in [3.8, 4) is 0 Å². The molecule has 6 heteroatoms. The monoisotopic (exact) mass is 365 g/mol. The Balaban J connectivity index is 2.03. The summed E-state index contributed by atoms with van der Waals surface area (Å²) >= 11 is 6.93. The summed E-state index contributed by atoms with van der Waals surface area (Å²) in [6.07, 6.45) is 0.0691. The lowest BCUT2D eigenvalue weighted by Crippen LogP contribution is -2.30. The number of carbonyl (C=O) groups is 2. The maximum atomic E-state index is 12.3. The number of hydrogen-bond acceptors (Lipinski definition) is 4. The number of anilines is 1. The van der Waals surface area contributed by atoms with E-state index in [9.17, 15) is 9.59 Å². The molecule has 0 aliphatic heterocycles. The number of rotatable bonds is 6. The summed E-state index contributed by atoms with van der Waals surface area (Å²) in [7, 11) is 0. The molecule has 0 aliphatic carbocycles. The van der Waals surface area contributed by atoms with E-state index < -0.39 is 12.1 Å². The molecule has 24 heavy (non-hydrogen) atoms. The summed E-state index contributed by atoms with van der Waals surface area (Å²) in [6, 6.07) is 10.9. The van der Waals surface area contributed by atoms with Gasteiger partial charge in [0, 0.05) is 5.69 Å². The number of amides is 1. The van der Waals surface area contributed by atoms with E-state index in [0.29, 0.717) is 15.1 Å². The number of nitrogens with one attached hydrogen (secondary N) is 1. The molecule has 0 fully saturated rings. The molecule has 1 aromatic carbocycles. The van der Waals surface area contributed by atoms with Crippen molar-refractivity contribution in [2.75, 3.05) is 5.32 Å². The van der Waals surface area contributed by atoms with Gasteiger partial charge in [0.2, 0.25) is 0 Å². The van der Waals surface area contributed by atoms with Gasteiger partial charge in [-0.1, -0.05) is 43.6 Å². The highest BCUT2D eigenvalue weighted by molar-refractivity contribution is 7.17. The minimum Gasteiger partial charge on any atom is -0.448 e. The highest BCUT2D eigenvalue weighted by Gasteiger charge is 2.21. The average molecular weight is 366 g/mol. The van der Waals surface area contributed by atoms with Crippen molar-refractivity contribution >= 4 is 40.5 Å². The van der Waals surface area contributed by atoms with Gasteiger partial charge in [0.05, 0.1) is 4.34 Å². The Morgan fingerprint density at radius 1 is 1.21 bits per heavy atom. The van der Waals surface area contributed by atoms with E-state index in [4.69, 9.17) is 16.3 Å². The van der Waals surface area contributed by atoms with Crippen LogP contribution in [0.3, 0.4) is 0 Å². The van der Waals surface area contributed by atoms with Crippen molar-refractivity contribution in [3.05, 3.63) is 51.2 Å². The molecule has 0 unspecified atom stereocenters. The summed E-state index contributed by atoms with van der Waals surface area (Å²) in [4.78, 5) is 24.7. The van der Waals surface area contributed by atoms with Gasteiger partial charge in [-0.15, -0.1) is 11.3 Å². The second-order valence-corrected chi connectivity index (χ2v) is 7.25. The first-order chi connectivity index (χ1) is 11.4. The van der Waals surface area contributed by atoms with Crippen molar-refractivity contribution in [1.82, 2.24) is 0 Å². The number of hydrogen-bond donors (Lipinski definition) is 1. The normalized spacial score (nSPS) is 13.2. The molecule has 1 heterocycles. The van der Waals surface area contributed by atoms with E-state index in [1.54, 1.807) is 19.1 Å². The minimum atomic E-state index is -0.900. The Bertz CT molecular complexity index is 729. The fraction of sp³-hybridized carbons (Fsp3) is 0.333. The smallest absolute Gasteiger partial charge is 0.349 e. The van der Waals surface area contributed by atoms with Crippen LogP contribution < -0.4 is 5.32 Å². The Kier molecular flexibility index (Phi) is 6.40. The van der Waals surface area contributed by atoms with Crippen LogP contribution in [0.5, 0.6) is 0 Å². The van der Waals surface area contributed by atoms with E-state index in [-0.39, 0.29) is 5.91 Å². The fourth-order valence-corrected chi connectivity index (χ4v) is 3.12. The highest BCUT2D eigenvalue weighted by Crippen LogP contribution is 2.27. The summed E-state index contributed by atoms with van der Waals surface area (Å²) in [5, 5.41) is 2.85. The number of para-hydroxylation sites is 1. The SMILES string of the molecule is CC[C@H](C)c1ccccc1NC(=O)[C@@H](C)OC(=O)c1ccc(Cl)s1. The average Bonchev–Trinajstić information content (AvgIpc) is 3.01. The van der Waals surface area contributed by atoms with Crippen LogP contribution in [0.4, 0.5) is 5.69 Å². The van der Waals surface area contributed by atoms with E-state index in [1.807, 2.05) is 24.3 Å². The zero-order valence-electron chi connectivity index (χ0n) is 13.8. The van der Waals surface area contributed by atoms with Gasteiger partial charge >= 0.3 is 5.97 Å². The zero-order chi connectivity index (χ0) is 17.7. The zero-order valence-corrected chi connectivity index (χ0v) is 15.4. The molecule has 0 radical (unpaired) electrons. The first kappa shape index (κ1) is 18.5. The molecule has 2 atom stereocenters. The van der Waals surface area contributed by atoms with Gasteiger partial charge < -0.3 is 10.1 Å². The molecule has 0 saturated carbocycles. The Hall–Kier alpha value is -1.85. The summed E-state index contributed by atoms with van der Waals surface area (Å²) < 4.78 is 5.71. The van der Waals surface area contributed by atoms with Crippen LogP contribution in [-0.2, 0) is 9.53 Å². The molecule has 1 N–H and O–H groups in total. The standard InChI is InChI=1S/C18H20ClNO3S/c1-4-11(2)13-7-5-6-8-14(13)20-17(21)12(3)23-18(22)15-9-10-16(19)24-15/h5-12H,4H2,1-3H3,(H,20,21)/t11-,12+/m0/s1. The van der Waals surface area contributed by atoms with Gasteiger partial charge in [-0.25, -0.2) is 4.79 Å². The van der Waals surface area contributed by atoms with Gasteiger partial charge in [-0.05, 0) is 43.0 Å². The molecule has 0 aliphatic rings. The van der Waals surface area contributed by atoms with Crippen molar-refractivity contribution in [1.29, 1.82) is 0 Å². The molecule has 1 amide bonds. The molecule has 128 valence electrons. The molecule has 1 aromatic heterocycles. The predicted octanol–water partition coefficient (Wildman–Crippen LogP) is 5.10. The van der Waals surface area contributed by atoms with Gasteiger partial charge in [0.15, 0.2) is 6.10 Å². The van der Waals surface area contributed by atoms with Gasteiger partial charge in [-0.3, -0.25) is 4.79 Å². The van der Waals surface area contributed by atoms with Gasteiger partial charge in [-0.2, -0.15) is 0 Å². The molecule has 0 saturated heterocycles. The Morgan fingerprint density at radius 3 is 2.54 bits per heavy atom. The first-order valence-corrected chi connectivity index (χ1v) is 8.98. The van der Waals surface area contributed by atoms with Crippen LogP contribution in [0.25, 0.3) is 0 Å². The van der Waals surface area contributed by atoms with E-state index in [1.165, 1.54) is 0 Å². The maximum absolute atomic E-state index is 12.3.